The molecule has 14 rings (SSSR count). The van der Waals surface area contributed by atoms with Crippen LogP contribution >= 0.6 is 0 Å². The Kier molecular flexibility index (Phi) is 46.3. The van der Waals surface area contributed by atoms with Crippen LogP contribution in [0.1, 0.15) is 35.5 Å². The Balaban J connectivity index is 0.000000613. The van der Waals surface area contributed by atoms with Gasteiger partial charge in [-0.25, -0.2) is 18.6 Å². The number of hydrogen-bond donors (Lipinski definition) is 2. The molecule has 0 aliphatic carbocycles. The first-order chi connectivity index (χ1) is 48.9. The number of aliphatic hydroxyl groups excluding tert-OH is 1. The molecule has 14 nitrogen and oxygen atoms in total. The first-order valence-electron chi connectivity index (χ1n) is 30.3. The quantitative estimate of drug-likeness (QED) is 0.0479. The second kappa shape index (κ2) is 51.8. The number of ketones is 1. The predicted molar refractivity (Wildman–Crippen MR) is 374 cm³/mol. The summed E-state index contributed by atoms with van der Waals surface area (Å²) >= 11 is 0. The van der Waals surface area contributed by atoms with Gasteiger partial charge < -0.3 is 44.9 Å². The van der Waals surface area contributed by atoms with Gasteiger partial charge in [-0.2, -0.15) is 42.3 Å². The fourth-order valence-corrected chi connectivity index (χ4v) is 8.60. The largest absolute Gasteiger partial charge is 0.512 e. The molecule has 2 N–H and O–H groups in total. The minimum absolute atomic E-state index is 0. The van der Waals surface area contributed by atoms with E-state index in [2.05, 4.69) is 125 Å². The average molecular weight is 2500 g/mol. The Morgan fingerprint density at radius 2 is 0.953 bits per heavy atom. The molecule has 0 amide bonds. The number of aromatic carboxylic acids is 1. The second-order valence-electron chi connectivity index (χ2n) is 20.6. The molecule has 7 aromatic heterocycles. The Labute approximate surface area is 697 Å². The number of aryl methyl sites for hydroxylation is 1. The number of carboxylic acid groups (broad SMARTS) is 1. The van der Waals surface area contributed by atoms with Crippen LogP contribution in [0.2, 0.25) is 0 Å². The normalized spacial score (nSPS) is 10.0. The summed E-state index contributed by atoms with van der Waals surface area (Å²) in [6.07, 6.45) is 10.8. The number of carboxylic acids is 1. The number of pyridine rings is 7. The number of nitrogens with zero attached hydrogens (tertiary/aromatic N) is 10. The van der Waals surface area contributed by atoms with E-state index in [4.69, 9.17) is 15.5 Å². The van der Waals surface area contributed by atoms with Crippen LogP contribution in [0, 0.1) is 96.5 Å². The topological polar surface area (TPSA) is 195 Å². The summed E-state index contributed by atoms with van der Waals surface area (Å²) in [7, 11) is 2.06. The fourth-order valence-electron chi connectivity index (χ4n) is 8.60. The molecule has 1 aliphatic heterocycles. The molecule has 26 heteroatoms. The second-order valence-corrected chi connectivity index (χ2v) is 20.6. The third-order valence-corrected chi connectivity index (χ3v) is 13.1. The maximum absolute atomic E-state index is 13.8. The van der Waals surface area contributed by atoms with Crippen molar-refractivity contribution in [2.75, 3.05) is 16.8 Å². The van der Waals surface area contributed by atoms with Crippen LogP contribution in [0.3, 0.4) is 0 Å². The van der Waals surface area contributed by atoms with Gasteiger partial charge in [0.1, 0.15) is 17.6 Å². The molecule has 8 heterocycles. The van der Waals surface area contributed by atoms with E-state index in [1.165, 1.54) is 62.0 Å². The van der Waals surface area contributed by atoms with Crippen molar-refractivity contribution in [3.05, 3.63) is 369 Å². The van der Waals surface area contributed by atoms with Gasteiger partial charge in [0, 0.05) is 192 Å². The van der Waals surface area contributed by atoms with Gasteiger partial charge in [0.15, 0.2) is 5.78 Å². The molecule has 0 saturated heterocycles. The molecular weight excluding hydrogens is 2440 g/mol. The van der Waals surface area contributed by atoms with E-state index in [0.29, 0.717) is 17.1 Å². The van der Waals surface area contributed by atoms with Crippen LogP contribution in [0.5, 0.6) is 0 Å². The number of fused-ring (bicyclic) bond motifs is 1. The summed E-state index contributed by atoms with van der Waals surface area (Å²) in [6.45, 7) is 6.76. The molecular formula is C81H59F6Ir6N10O4-7. The van der Waals surface area contributed by atoms with Crippen molar-refractivity contribution in [1.82, 2.24) is 34.9 Å². The zero-order valence-electron chi connectivity index (χ0n) is 56.4. The standard InChI is InChI=1S/C14H12N2.C13H7F2N2.C11H6F2N.2C11H8N.C10H5F2N2.C6H5NO2.C5H8O2.6Ir/c1-15-11-16(12-7-3-2-4-8-12)14-10-6-5-9-13(14)15;1-8-4-5-17-12(6-8)9-2-3-11(14)10(7-16)13(9)15;12-8-4-5-9(10(13)7-8)11-3-1-2-6-14-11;2*1-2-6-10(7-3-1)11-8-4-5-9-12-11;11-9-5-4-7(10(12)14-9)8-3-1-2-6-13-8;8-6(9)5-3-1-2-4-7-5;1-4(6)3-5(2)7;;;;;;/h2-7,9-11H,1H3;3-6H,1H3;1-4,6-7H;2*1-6,8-9H;1-3,5-6H;1-4H,(H,8,9);3,6H,1-2H3;;;;;;/q-2;5*-1;;;;;;;;. The minimum atomic E-state index is -0.990. The summed E-state index contributed by atoms with van der Waals surface area (Å²) in [4.78, 5) is 51.3. The Hall–Kier alpha value is -9.38. The van der Waals surface area contributed by atoms with Gasteiger partial charge in [0.05, 0.1) is 23.5 Å². The summed E-state index contributed by atoms with van der Waals surface area (Å²) in [5.41, 5.74) is 9.32. The van der Waals surface area contributed by atoms with Gasteiger partial charge in [-0.15, -0.1) is 108 Å². The van der Waals surface area contributed by atoms with Crippen molar-refractivity contribution < 1.29 is 167 Å². The van der Waals surface area contributed by atoms with Crippen molar-refractivity contribution in [2.45, 2.75) is 20.8 Å². The monoisotopic (exact) mass is 2510 g/mol. The van der Waals surface area contributed by atoms with E-state index in [1.54, 1.807) is 79.3 Å². The van der Waals surface area contributed by atoms with Crippen molar-refractivity contribution in [1.29, 1.82) is 5.26 Å². The van der Waals surface area contributed by atoms with Crippen molar-refractivity contribution >= 4 is 28.8 Å². The van der Waals surface area contributed by atoms with Crippen LogP contribution in [-0.4, -0.2) is 63.9 Å². The van der Waals surface area contributed by atoms with Gasteiger partial charge in [0.2, 0.25) is 0 Å². The number of allylic oxidation sites excluding steroid dienone is 2. The predicted octanol–water partition coefficient (Wildman–Crippen LogP) is 18.1. The summed E-state index contributed by atoms with van der Waals surface area (Å²) in [6, 6.07) is 84.3. The van der Waals surface area contributed by atoms with E-state index in [-0.39, 0.29) is 155 Å². The number of anilines is 3. The molecule has 0 fully saturated rings. The first kappa shape index (κ1) is 95.6. The number of nitriles is 1. The van der Waals surface area contributed by atoms with Gasteiger partial charge in [-0.1, -0.05) is 107 Å². The molecule has 6 aromatic carbocycles. The number of hydrogen-bond acceptors (Lipinski definition) is 13. The number of para-hydroxylation sites is 3. The van der Waals surface area contributed by atoms with E-state index in [0.717, 1.165) is 58.0 Å². The van der Waals surface area contributed by atoms with Crippen LogP contribution in [0.25, 0.3) is 56.3 Å². The molecule has 0 saturated carbocycles. The fraction of sp³-hybridized carbons (Fsp3) is 0.0494. The number of benzene rings is 6. The number of rotatable bonds is 8. The number of halogens is 6. The van der Waals surface area contributed by atoms with Crippen LogP contribution in [0.4, 0.5) is 43.4 Å². The molecule has 0 bridgehead atoms. The molecule has 0 unspecified atom stereocenters. The minimum Gasteiger partial charge on any atom is -0.512 e. The van der Waals surface area contributed by atoms with Crippen LogP contribution in [-0.2, 0) is 125 Å². The summed E-state index contributed by atoms with van der Waals surface area (Å²) in [5.74, 6) is -5.97. The maximum atomic E-state index is 13.8. The van der Waals surface area contributed by atoms with Gasteiger partial charge in [-0.05, 0) is 111 Å². The van der Waals surface area contributed by atoms with Gasteiger partial charge >= 0.3 is 5.97 Å². The Morgan fingerprint density at radius 1 is 0.486 bits per heavy atom. The summed E-state index contributed by atoms with van der Waals surface area (Å²) < 4.78 is 78.3. The van der Waals surface area contributed by atoms with E-state index in [1.807, 2.05) is 110 Å². The molecule has 13 aromatic rings. The van der Waals surface area contributed by atoms with Crippen LogP contribution in [0.15, 0.2) is 273 Å². The maximum Gasteiger partial charge on any atom is 0.354 e. The molecule has 107 heavy (non-hydrogen) atoms. The van der Waals surface area contributed by atoms with Crippen molar-refractivity contribution in [2.24, 2.45) is 0 Å². The third-order valence-electron chi connectivity index (χ3n) is 13.1. The van der Waals surface area contributed by atoms with Gasteiger partial charge in [-0.3, -0.25) is 27.3 Å². The molecule has 0 atom stereocenters. The number of aromatic nitrogens is 7. The number of carbonyl (C=O) groups excluding carboxylic acids is 1. The van der Waals surface area contributed by atoms with Crippen molar-refractivity contribution in [3.63, 3.8) is 0 Å². The van der Waals surface area contributed by atoms with Crippen molar-refractivity contribution in [3.8, 4) is 62.4 Å². The Morgan fingerprint density at radius 3 is 1.37 bits per heavy atom. The van der Waals surface area contributed by atoms with Gasteiger partial charge in [0.25, 0.3) is 0 Å². The third kappa shape index (κ3) is 31.9. The number of aliphatic hydroxyl groups is 1. The SMILES string of the molecule is CC(=O)C=C(C)O.CN1[CH-]N(c2[c-]cccc2)c2ccccc21.Cc1ccnc(-c2[c-]cc(F)c(C#N)c2F)c1.Fc1c[c-]c(-c2ccccn2)c(F)c1.Fc1c[c-]c(-c2ccccn2)c(F)n1.O=C(O)c1ccccn1.[Ir].[Ir].[Ir].[Ir].[Ir].[Ir].[c-]1ccccc1-c1ccccn1.[c-]1ccccc1-c1ccccn1. The average Bonchev–Trinajstić information content (AvgIpc) is 1.64. The molecule has 0 spiro atoms. The van der Waals surface area contributed by atoms with E-state index in [9.17, 15) is 35.9 Å². The van der Waals surface area contributed by atoms with E-state index >= 15 is 0 Å². The zero-order chi connectivity index (χ0) is 72.3. The molecule has 560 valence electrons. The summed E-state index contributed by atoms with van der Waals surface area (Å²) in [5, 5.41) is 25.3. The Bertz CT molecular complexity index is 4560. The molecule has 6 radical (unpaired) electrons. The van der Waals surface area contributed by atoms with E-state index < -0.39 is 46.7 Å². The van der Waals surface area contributed by atoms with Crippen LogP contribution < -0.4 is 9.80 Å². The first-order valence-corrected chi connectivity index (χ1v) is 30.3. The molecule has 1 aliphatic rings. The number of carbonyl (C=O) groups is 2. The zero-order valence-corrected chi connectivity index (χ0v) is 70.8. The smallest absolute Gasteiger partial charge is 0.354 e.